The van der Waals surface area contributed by atoms with Crippen molar-refractivity contribution in [2.45, 2.75) is 12.1 Å². The van der Waals surface area contributed by atoms with Gasteiger partial charge < -0.3 is 4.74 Å². The standard InChI is InChI=1S/C23H20N2O2S/c1-28-22-24-20(17-11-5-2-6-12-17)21(18-13-7-3-8-14-18)25(22)23(26)27-19-15-9-4-10-16-19/h2-16,20-21H,1H3/t20-,21+/m1/s1. The highest BCUT2D eigenvalue weighted by Crippen LogP contribution is 2.44. The molecule has 4 rings (SSSR count). The van der Waals surface area contributed by atoms with E-state index in [2.05, 4.69) is 0 Å². The van der Waals surface area contributed by atoms with Crippen LogP contribution in [0.3, 0.4) is 0 Å². The number of carbonyl (C=O) groups is 1. The molecule has 28 heavy (non-hydrogen) atoms. The highest BCUT2D eigenvalue weighted by atomic mass is 32.2. The van der Waals surface area contributed by atoms with Gasteiger partial charge in [0.2, 0.25) is 0 Å². The lowest BCUT2D eigenvalue weighted by atomic mass is 9.94. The zero-order valence-corrected chi connectivity index (χ0v) is 16.3. The molecule has 0 N–H and O–H groups in total. The molecule has 0 aliphatic carbocycles. The number of aliphatic imine (C=N–C) groups is 1. The summed E-state index contributed by atoms with van der Waals surface area (Å²) in [5, 5.41) is 0.656. The molecule has 0 aromatic heterocycles. The third-order valence-electron chi connectivity index (χ3n) is 4.64. The average Bonchev–Trinajstić information content (AvgIpc) is 3.15. The summed E-state index contributed by atoms with van der Waals surface area (Å²) in [6.07, 6.45) is 1.50. The molecule has 0 radical (unpaired) electrons. The molecule has 1 amide bonds. The number of amidine groups is 1. The number of para-hydroxylation sites is 1. The van der Waals surface area contributed by atoms with Gasteiger partial charge in [0.1, 0.15) is 11.8 Å². The first kappa shape index (κ1) is 18.3. The Morgan fingerprint density at radius 3 is 1.96 bits per heavy atom. The van der Waals surface area contributed by atoms with Gasteiger partial charge in [-0.3, -0.25) is 4.99 Å². The summed E-state index contributed by atoms with van der Waals surface area (Å²) < 4.78 is 5.66. The lowest BCUT2D eigenvalue weighted by Gasteiger charge is -2.28. The summed E-state index contributed by atoms with van der Waals surface area (Å²) in [5.74, 6) is 0.517. The lowest BCUT2D eigenvalue weighted by Crippen LogP contribution is -2.38. The van der Waals surface area contributed by atoms with Crippen LogP contribution in [-0.2, 0) is 0 Å². The van der Waals surface area contributed by atoms with Gasteiger partial charge in [0.15, 0.2) is 5.17 Å². The molecule has 2 atom stereocenters. The van der Waals surface area contributed by atoms with Crippen molar-refractivity contribution in [2.75, 3.05) is 6.26 Å². The van der Waals surface area contributed by atoms with Gasteiger partial charge in [0, 0.05) is 0 Å². The van der Waals surface area contributed by atoms with E-state index in [0.717, 1.165) is 11.1 Å². The molecule has 1 aliphatic heterocycles. The van der Waals surface area contributed by atoms with Gasteiger partial charge in [0.05, 0.1) is 6.04 Å². The van der Waals surface area contributed by atoms with Crippen LogP contribution in [0.25, 0.3) is 0 Å². The molecule has 0 bridgehead atoms. The molecular weight excluding hydrogens is 368 g/mol. The highest BCUT2D eigenvalue weighted by molar-refractivity contribution is 8.13. The van der Waals surface area contributed by atoms with E-state index in [1.807, 2.05) is 85.1 Å². The molecule has 3 aromatic carbocycles. The van der Waals surface area contributed by atoms with Crippen LogP contribution in [0.5, 0.6) is 5.75 Å². The summed E-state index contributed by atoms with van der Waals surface area (Å²) in [7, 11) is 0. The molecule has 5 heteroatoms. The van der Waals surface area contributed by atoms with Gasteiger partial charge in [-0.15, -0.1) is 0 Å². The number of hydrogen-bond donors (Lipinski definition) is 0. The van der Waals surface area contributed by atoms with Gasteiger partial charge in [-0.05, 0) is 29.5 Å². The van der Waals surface area contributed by atoms with Crippen LogP contribution in [0.2, 0.25) is 0 Å². The highest BCUT2D eigenvalue weighted by Gasteiger charge is 2.42. The van der Waals surface area contributed by atoms with Gasteiger partial charge in [-0.1, -0.05) is 90.6 Å². The van der Waals surface area contributed by atoms with E-state index in [9.17, 15) is 4.79 Å². The van der Waals surface area contributed by atoms with E-state index in [-0.39, 0.29) is 12.1 Å². The fourth-order valence-electron chi connectivity index (χ4n) is 3.38. The minimum Gasteiger partial charge on any atom is -0.410 e. The van der Waals surface area contributed by atoms with E-state index in [1.54, 1.807) is 17.0 Å². The fourth-order valence-corrected chi connectivity index (χ4v) is 3.99. The maximum absolute atomic E-state index is 13.2. The van der Waals surface area contributed by atoms with Crippen LogP contribution in [0.1, 0.15) is 23.2 Å². The number of rotatable bonds is 3. The van der Waals surface area contributed by atoms with Crippen molar-refractivity contribution in [3.8, 4) is 5.75 Å². The number of nitrogens with zero attached hydrogens (tertiary/aromatic N) is 2. The van der Waals surface area contributed by atoms with E-state index in [1.165, 1.54) is 11.8 Å². The molecule has 0 unspecified atom stereocenters. The van der Waals surface area contributed by atoms with Gasteiger partial charge in [0.25, 0.3) is 0 Å². The van der Waals surface area contributed by atoms with E-state index >= 15 is 0 Å². The van der Waals surface area contributed by atoms with Crippen molar-refractivity contribution in [2.24, 2.45) is 4.99 Å². The zero-order valence-electron chi connectivity index (χ0n) is 15.4. The Morgan fingerprint density at radius 1 is 0.857 bits per heavy atom. The SMILES string of the molecule is CSC1=N[C@H](c2ccccc2)[C@H](c2ccccc2)N1C(=O)Oc1ccccc1. The molecule has 140 valence electrons. The van der Waals surface area contributed by atoms with E-state index < -0.39 is 6.09 Å². The zero-order chi connectivity index (χ0) is 19.3. The number of hydrogen-bond acceptors (Lipinski definition) is 4. The Bertz CT molecular complexity index is 962. The molecule has 0 spiro atoms. The molecule has 3 aromatic rings. The Balaban J connectivity index is 1.74. The Labute approximate surface area is 168 Å². The van der Waals surface area contributed by atoms with Gasteiger partial charge >= 0.3 is 6.09 Å². The Morgan fingerprint density at radius 2 is 1.39 bits per heavy atom. The number of ether oxygens (including phenoxy) is 1. The lowest BCUT2D eigenvalue weighted by molar-refractivity contribution is 0.164. The number of amides is 1. The second-order valence-corrected chi connectivity index (χ2v) is 7.15. The fraction of sp³-hybridized carbons (Fsp3) is 0.130. The number of thioether (sulfide) groups is 1. The maximum atomic E-state index is 13.2. The third-order valence-corrected chi connectivity index (χ3v) is 5.31. The number of benzene rings is 3. The molecule has 4 nitrogen and oxygen atoms in total. The van der Waals surface area contributed by atoms with Crippen LogP contribution in [-0.4, -0.2) is 22.4 Å². The molecule has 0 fully saturated rings. The molecular formula is C23H20N2O2S. The van der Waals surface area contributed by atoms with Gasteiger partial charge in [-0.25, -0.2) is 9.69 Å². The monoisotopic (exact) mass is 388 g/mol. The second kappa shape index (κ2) is 8.31. The second-order valence-electron chi connectivity index (χ2n) is 6.38. The first-order valence-electron chi connectivity index (χ1n) is 9.05. The maximum Gasteiger partial charge on any atom is 0.422 e. The topological polar surface area (TPSA) is 41.9 Å². The van der Waals surface area contributed by atoms with Crippen LogP contribution in [0.4, 0.5) is 4.79 Å². The van der Waals surface area contributed by atoms with Crippen molar-refractivity contribution in [1.29, 1.82) is 0 Å². The smallest absolute Gasteiger partial charge is 0.410 e. The third kappa shape index (κ3) is 3.66. The summed E-state index contributed by atoms with van der Waals surface area (Å²) in [5.41, 5.74) is 2.09. The van der Waals surface area contributed by atoms with Crippen molar-refractivity contribution in [3.05, 3.63) is 102 Å². The van der Waals surface area contributed by atoms with E-state index in [4.69, 9.17) is 9.73 Å². The first-order valence-corrected chi connectivity index (χ1v) is 10.3. The Kier molecular flexibility index (Phi) is 5.44. The number of carbonyl (C=O) groups excluding carboxylic acids is 1. The van der Waals surface area contributed by atoms with Crippen molar-refractivity contribution >= 4 is 23.0 Å². The minimum absolute atomic E-state index is 0.186. The normalized spacial score (nSPS) is 18.6. The predicted octanol–water partition coefficient (Wildman–Crippen LogP) is 5.70. The summed E-state index contributed by atoms with van der Waals surface area (Å²) >= 11 is 1.45. The van der Waals surface area contributed by atoms with Crippen LogP contribution in [0.15, 0.2) is 96.0 Å². The predicted molar refractivity (Wildman–Crippen MR) is 114 cm³/mol. The van der Waals surface area contributed by atoms with Gasteiger partial charge in [-0.2, -0.15) is 0 Å². The minimum atomic E-state index is -0.424. The summed E-state index contributed by atoms with van der Waals surface area (Å²) in [4.78, 5) is 19.7. The largest absolute Gasteiger partial charge is 0.422 e. The molecule has 0 saturated heterocycles. The Hall–Kier alpha value is -3.05. The van der Waals surface area contributed by atoms with Crippen LogP contribution >= 0.6 is 11.8 Å². The van der Waals surface area contributed by atoms with Crippen molar-refractivity contribution in [1.82, 2.24) is 4.90 Å². The van der Waals surface area contributed by atoms with Crippen molar-refractivity contribution in [3.63, 3.8) is 0 Å². The molecule has 1 aliphatic rings. The molecule has 0 saturated carbocycles. The molecule has 1 heterocycles. The first-order chi connectivity index (χ1) is 13.8. The van der Waals surface area contributed by atoms with Crippen LogP contribution < -0.4 is 4.74 Å². The average molecular weight is 388 g/mol. The van der Waals surface area contributed by atoms with Crippen molar-refractivity contribution < 1.29 is 9.53 Å². The quantitative estimate of drug-likeness (QED) is 0.578. The van der Waals surface area contributed by atoms with Crippen LogP contribution in [0, 0.1) is 0 Å². The van der Waals surface area contributed by atoms with E-state index in [0.29, 0.717) is 10.9 Å². The summed E-state index contributed by atoms with van der Waals surface area (Å²) in [6.45, 7) is 0. The summed E-state index contributed by atoms with van der Waals surface area (Å²) in [6, 6.07) is 28.7.